The van der Waals surface area contributed by atoms with Crippen LogP contribution >= 0.6 is 11.8 Å². The Balaban J connectivity index is 1.32. The molecule has 4 aromatic rings. The summed E-state index contributed by atoms with van der Waals surface area (Å²) in [5.41, 5.74) is 1.99. The lowest BCUT2D eigenvalue weighted by atomic mass is 9.97. The van der Waals surface area contributed by atoms with Gasteiger partial charge in [-0.15, -0.1) is 0 Å². The van der Waals surface area contributed by atoms with E-state index >= 15 is 0 Å². The van der Waals surface area contributed by atoms with Gasteiger partial charge in [0.05, 0.1) is 29.5 Å². The van der Waals surface area contributed by atoms with E-state index in [1.807, 2.05) is 39.0 Å². The molecule has 2 N–H and O–H groups in total. The number of carbonyl (C=O) groups is 3. The first-order chi connectivity index (χ1) is 25.2. The number of alkyl halides is 3. The first kappa shape index (κ1) is 39.4. The molecule has 3 aromatic carbocycles. The SMILES string of the molecule is CC(C)(C)OC(=O)CCSCc1cccc(C(=O)Nc2ccc(OC3CCCCC3)cc2-c2cc(C(=O)NCc3cccc(C(F)(F)F)c3)ccn2)c1. The van der Waals surface area contributed by atoms with Gasteiger partial charge in [0.2, 0.25) is 0 Å². The number of ether oxygens (including phenoxy) is 2. The van der Waals surface area contributed by atoms with Gasteiger partial charge in [0.15, 0.2) is 0 Å². The molecule has 5 rings (SSSR count). The third kappa shape index (κ3) is 12.1. The molecule has 280 valence electrons. The smallest absolute Gasteiger partial charge is 0.416 e. The fourth-order valence-corrected chi connectivity index (χ4v) is 6.76. The van der Waals surface area contributed by atoms with Crippen LogP contribution in [0.5, 0.6) is 5.75 Å². The number of carbonyl (C=O) groups excluding carboxylic acids is 3. The second-order valence-corrected chi connectivity index (χ2v) is 15.0. The number of nitrogens with zero attached hydrogens (tertiary/aromatic N) is 1. The summed E-state index contributed by atoms with van der Waals surface area (Å²) < 4.78 is 51.3. The van der Waals surface area contributed by atoms with Gasteiger partial charge < -0.3 is 20.1 Å². The predicted molar refractivity (Wildman–Crippen MR) is 201 cm³/mol. The minimum atomic E-state index is -4.49. The molecular weight excluding hydrogens is 704 g/mol. The van der Waals surface area contributed by atoms with E-state index in [2.05, 4.69) is 15.6 Å². The molecule has 8 nitrogen and oxygen atoms in total. The van der Waals surface area contributed by atoms with Crippen molar-refractivity contribution >= 4 is 35.2 Å². The number of amides is 2. The quantitative estimate of drug-likeness (QED) is 0.104. The zero-order valence-corrected chi connectivity index (χ0v) is 30.9. The average Bonchev–Trinajstić information content (AvgIpc) is 3.12. The molecule has 0 spiro atoms. The van der Waals surface area contributed by atoms with E-state index in [4.69, 9.17) is 9.47 Å². The molecule has 0 unspecified atom stereocenters. The largest absolute Gasteiger partial charge is 0.490 e. The van der Waals surface area contributed by atoms with Gasteiger partial charge in [0.25, 0.3) is 11.8 Å². The number of thioether (sulfide) groups is 1. The Labute approximate surface area is 312 Å². The summed E-state index contributed by atoms with van der Waals surface area (Å²) in [4.78, 5) is 43.4. The van der Waals surface area contributed by atoms with Gasteiger partial charge in [-0.1, -0.05) is 30.7 Å². The highest BCUT2D eigenvalue weighted by atomic mass is 32.2. The lowest BCUT2D eigenvalue weighted by Gasteiger charge is -2.23. The molecule has 0 bridgehead atoms. The molecule has 1 aromatic heterocycles. The van der Waals surface area contributed by atoms with Crippen molar-refractivity contribution in [1.29, 1.82) is 0 Å². The molecule has 0 atom stereocenters. The van der Waals surface area contributed by atoms with Crippen molar-refractivity contribution in [3.63, 3.8) is 0 Å². The predicted octanol–water partition coefficient (Wildman–Crippen LogP) is 9.63. The molecule has 0 aliphatic heterocycles. The van der Waals surface area contributed by atoms with Crippen LogP contribution in [0.25, 0.3) is 11.3 Å². The lowest BCUT2D eigenvalue weighted by molar-refractivity contribution is -0.154. The van der Waals surface area contributed by atoms with Crippen LogP contribution in [0.2, 0.25) is 0 Å². The zero-order chi connectivity index (χ0) is 38.0. The van der Waals surface area contributed by atoms with Gasteiger partial charge in [-0.05, 0) is 112 Å². The summed E-state index contributed by atoms with van der Waals surface area (Å²) in [6.45, 7) is 5.40. The second-order valence-electron chi connectivity index (χ2n) is 13.9. The highest BCUT2D eigenvalue weighted by Crippen LogP contribution is 2.34. The van der Waals surface area contributed by atoms with E-state index in [0.29, 0.717) is 45.3 Å². The Kier molecular flexibility index (Phi) is 13.2. The van der Waals surface area contributed by atoms with Gasteiger partial charge in [0, 0.05) is 40.9 Å². The highest BCUT2D eigenvalue weighted by Gasteiger charge is 2.30. The summed E-state index contributed by atoms with van der Waals surface area (Å²) in [7, 11) is 0. The van der Waals surface area contributed by atoms with Crippen molar-refractivity contribution in [1.82, 2.24) is 10.3 Å². The van der Waals surface area contributed by atoms with E-state index in [0.717, 1.165) is 43.4 Å². The topological polar surface area (TPSA) is 107 Å². The maximum Gasteiger partial charge on any atom is 0.416 e. The summed E-state index contributed by atoms with van der Waals surface area (Å²) in [5.74, 6) is 0.708. The van der Waals surface area contributed by atoms with Crippen LogP contribution in [-0.4, -0.2) is 40.2 Å². The van der Waals surface area contributed by atoms with Gasteiger partial charge in [-0.25, -0.2) is 0 Å². The molecule has 1 fully saturated rings. The molecule has 2 amide bonds. The van der Waals surface area contributed by atoms with E-state index < -0.39 is 23.2 Å². The van der Waals surface area contributed by atoms with Crippen LogP contribution in [0, 0.1) is 0 Å². The van der Waals surface area contributed by atoms with Crippen molar-refractivity contribution in [3.05, 3.63) is 113 Å². The van der Waals surface area contributed by atoms with Crippen LogP contribution in [0.4, 0.5) is 18.9 Å². The minimum absolute atomic E-state index is 0.0719. The number of hydrogen-bond donors (Lipinski definition) is 2. The molecule has 1 heterocycles. The van der Waals surface area contributed by atoms with Crippen LogP contribution in [0.1, 0.15) is 96.7 Å². The number of nitrogens with one attached hydrogen (secondary N) is 2. The Bertz CT molecular complexity index is 1900. The van der Waals surface area contributed by atoms with Gasteiger partial charge >= 0.3 is 12.1 Å². The van der Waals surface area contributed by atoms with Crippen LogP contribution in [0.15, 0.2) is 85.1 Å². The van der Waals surface area contributed by atoms with Gasteiger partial charge in [-0.2, -0.15) is 24.9 Å². The Morgan fingerprint density at radius 1 is 0.849 bits per heavy atom. The Morgan fingerprint density at radius 2 is 1.58 bits per heavy atom. The number of hydrogen-bond acceptors (Lipinski definition) is 7. The standard InChI is InChI=1S/C41H44F3N3O5S/c1-40(2,3)52-37(48)18-20-53-26-28-10-7-11-29(21-28)39(50)47-35-16-15-33(51-32-13-5-4-6-14-32)24-34(35)36-23-30(17-19-45-36)38(49)46-25-27-9-8-12-31(22-27)41(42,43)44/h7-12,15-17,19,21-24,32H,4-6,13-14,18,20,25-26H2,1-3H3,(H,46,49)(H,47,50). The number of anilines is 1. The van der Waals surface area contributed by atoms with Crippen molar-refractivity contribution in [2.75, 3.05) is 11.1 Å². The number of esters is 1. The zero-order valence-electron chi connectivity index (χ0n) is 30.1. The normalized spacial score (nSPS) is 13.6. The van der Waals surface area contributed by atoms with Crippen molar-refractivity contribution in [3.8, 4) is 17.0 Å². The summed E-state index contributed by atoms with van der Waals surface area (Å²) in [5, 5.41) is 5.70. The first-order valence-electron chi connectivity index (χ1n) is 17.6. The minimum Gasteiger partial charge on any atom is -0.490 e. The van der Waals surface area contributed by atoms with Crippen molar-refractivity contribution in [2.24, 2.45) is 0 Å². The molecule has 12 heteroatoms. The molecule has 1 saturated carbocycles. The first-order valence-corrected chi connectivity index (χ1v) is 18.8. The average molecular weight is 748 g/mol. The van der Waals surface area contributed by atoms with E-state index in [1.54, 1.807) is 42.1 Å². The fraction of sp³-hybridized carbons (Fsp3) is 0.366. The lowest BCUT2D eigenvalue weighted by Crippen LogP contribution is -2.24. The molecule has 53 heavy (non-hydrogen) atoms. The number of benzene rings is 3. The number of halogens is 3. The maximum atomic E-state index is 13.6. The molecule has 1 aliphatic carbocycles. The van der Waals surface area contributed by atoms with Gasteiger partial charge in [-0.3, -0.25) is 19.4 Å². The fourth-order valence-electron chi connectivity index (χ4n) is 5.89. The van der Waals surface area contributed by atoms with Crippen LogP contribution in [0.3, 0.4) is 0 Å². The van der Waals surface area contributed by atoms with Crippen molar-refractivity contribution < 1.29 is 37.0 Å². The molecular formula is C41H44F3N3O5S. The van der Waals surface area contributed by atoms with Crippen LogP contribution < -0.4 is 15.4 Å². The molecule has 0 radical (unpaired) electrons. The number of rotatable bonds is 13. The Hall–Kier alpha value is -4.84. The number of pyridine rings is 1. The number of aromatic nitrogens is 1. The van der Waals surface area contributed by atoms with Gasteiger partial charge in [0.1, 0.15) is 11.4 Å². The second kappa shape index (κ2) is 17.8. The van der Waals surface area contributed by atoms with Crippen LogP contribution in [-0.2, 0) is 28.0 Å². The Morgan fingerprint density at radius 3 is 2.34 bits per heavy atom. The summed E-state index contributed by atoms with van der Waals surface area (Å²) in [6.07, 6.45) is 2.59. The summed E-state index contributed by atoms with van der Waals surface area (Å²) in [6, 6.07) is 20.5. The van der Waals surface area contributed by atoms with E-state index in [-0.39, 0.29) is 36.5 Å². The van der Waals surface area contributed by atoms with E-state index in [1.165, 1.54) is 30.8 Å². The van der Waals surface area contributed by atoms with Crippen molar-refractivity contribution in [2.45, 2.75) is 89.5 Å². The maximum absolute atomic E-state index is 13.6. The highest BCUT2D eigenvalue weighted by molar-refractivity contribution is 7.98. The monoisotopic (exact) mass is 747 g/mol. The third-order valence-electron chi connectivity index (χ3n) is 8.43. The van der Waals surface area contributed by atoms with E-state index in [9.17, 15) is 27.6 Å². The molecule has 1 aliphatic rings. The third-order valence-corrected chi connectivity index (χ3v) is 9.46. The summed E-state index contributed by atoms with van der Waals surface area (Å²) >= 11 is 1.58. The molecule has 0 saturated heterocycles.